The number of benzene rings is 1. The number of hydrogen-bond acceptors (Lipinski definition) is 3. The second-order valence-electron chi connectivity index (χ2n) is 3.55. The van der Waals surface area contributed by atoms with Gasteiger partial charge in [0.25, 0.3) is 5.97 Å². The zero-order valence-electron chi connectivity index (χ0n) is 12.1. The van der Waals surface area contributed by atoms with Gasteiger partial charge in [0.2, 0.25) is 0 Å². The monoisotopic (exact) mass is 357 g/mol. The molecular formula is C17H16O3Y-2. The van der Waals surface area contributed by atoms with E-state index in [0.717, 1.165) is 6.42 Å². The van der Waals surface area contributed by atoms with Gasteiger partial charge >= 0.3 is 5.97 Å². The molecule has 107 valence electrons. The van der Waals surface area contributed by atoms with Crippen LogP contribution in [-0.2, 0) is 37.4 Å². The third-order valence-electron chi connectivity index (χ3n) is 2.30. The van der Waals surface area contributed by atoms with Crippen molar-refractivity contribution in [3.63, 3.8) is 0 Å². The van der Waals surface area contributed by atoms with E-state index in [1.807, 2.05) is 32.1 Å². The van der Waals surface area contributed by atoms with Crippen LogP contribution in [0.4, 0.5) is 0 Å². The number of carbonyl (C=O) groups excluding carboxylic acids is 2. The Bertz CT molecular complexity index is 510. The van der Waals surface area contributed by atoms with E-state index in [4.69, 9.17) is 0 Å². The minimum atomic E-state index is -0.582. The number of rotatable bonds is 0. The van der Waals surface area contributed by atoms with Gasteiger partial charge < -0.3 is 4.74 Å². The average Bonchev–Trinajstić information content (AvgIpc) is 2.73. The van der Waals surface area contributed by atoms with E-state index in [1.165, 1.54) is 12.1 Å². The van der Waals surface area contributed by atoms with Gasteiger partial charge in [-0.05, 0) is 11.1 Å². The van der Waals surface area contributed by atoms with Crippen molar-refractivity contribution in [3.8, 4) is 0 Å². The molecule has 0 atom stereocenters. The standard InChI is InChI=1S/C8H3O3.C7H7.C2H6.Y/c9-7-5-3-1-2-4-6(5)8(10)11-7;1-2-4-6-7-5-3-1;1-2;/h1,3-4H;1-3,6-7H,4H2;1-2H3;/q2*-1;;. The summed E-state index contributed by atoms with van der Waals surface area (Å²) in [4.78, 5) is 21.6. The van der Waals surface area contributed by atoms with Crippen molar-refractivity contribution < 1.29 is 47.0 Å². The van der Waals surface area contributed by atoms with Crippen molar-refractivity contribution in [2.45, 2.75) is 20.3 Å². The van der Waals surface area contributed by atoms with Crippen LogP contribution in [0.1, 0.15) is 41.0 Å². The maximum absolute atomic E-state index is 10.8. The van der Waals surface area contributed by atoms with Crippen LogP contribution in [0.5, 0.6) is 0 Å². The number of fused-ring (bicyclic) bond motifs is 1. The molecule has 0 aromatic heterocycles. The van der Waals surface area contributed by atoms with Crippen LogP contribution in [0.25, 0.3) is 0 Å². The molecule has 1 aliphatic heterocycles. The second kappa shape index (κ2) is 11.4. The largest absolute Gasteiger partial charge is 0.397 e. The fraction of sp³-hybridized carbons (Fsp3) is 0.176. The van der Waals surface area contributed by atoms with E-state index >= 15 is 0 Å². The number of carbonyl (C=O) groups is 2. The molecular weight excluding hydrogens is 341 g/mol. The second-order valence-corrected chi connectivity index (χ2v) is 3.55. The maximum atomic E-state index is 10.8. The van der Waals surface area contributed by atoms with Crippen molar-refractivity contribution in [1.29, 1.82) is 0 Å². The van der Waals surface area contributed by atoms with Crippen LogP contribution >= 0.6 is 0 Å². The zero-order chi connectivity index (χ0) is 14.8. The summed E-state index contributed by atoms with van der Waals surface area (Å²) in [7, 11) is 0. The normalized spacial score (nSPS) is 13.6. The van der Waals surface area contributed by atoms with Crippen LogP contribution in [0, 0.1) is 12.1 Å². The molecule has 0 saturated carbocycles. The van der Waals surface area contributed by atoms with Gasteiger partial charge in [0.05, 0.1) is 0 Å². The van der Waals surface area contributed by atoms with Gasteiger partial charge in [-0.25, -0.2) is 4.79 Å². The van der Waals surface area contributed by atoms with Gasteiger partial charge in [-0.15, -0.1) is 6.08 Å². The zero-order valence-corrected chi connectivity index (χ0v) is 15.0. The summed E-state index contributed by atoms with van der Waals surface area (Å²) in [5.74, 6) is -1.15. The molecule has 0 spiro atoms. The Morgan fingerprint density at radius 1 is 1.10 bits per heavy atom. The molecule has 0 bridgehead atoms. The molecule has 1 aromatic rings. The summed E-state index contributed by atoms with van der Waals surface area (Å²) in [5.41, 5.74) is 0.631. The van der Waals surface area contributed by atoms with Gasteiger partial charge in [-0.3, -0.25) is 4.79 Å². The molecule has 1 aromatic carbocycles. The molecule has 0 N–H and O–H groups in total. The molecule has 0 saturated heterocycles. The fourth-order valence-corrected chi connectivity index (χ4v) is 1.44. The van der Waals surface area contributed by atoms with E-state index in [2.05, 4.69) is 29.0 Å². The van der Waals surface area contributed by atoms with Crippen molar-refractivity contribution in [3.05, 3.63) is 71.8 Å². The molecule has 0 unspecified atom stereocenters. The summed E-state index contributed by atoms with van der Waals surface area (Å²) < 4.78 is 4.33. The Morgan fingerprint density at radius 3 is 2.52 bits per heavy atom. The van der Waals surface area contributed by atoms with E-state index in [1.54, 1.807) is 6.07 Å². The van der Waals surface area contributed by atoms with Crippen LogP contribution in [0.15, 0.2) is 48.6 Å². The summed E-state index contributed by atoms with van der Waals surface area (Å²) in [5, 5.41) is 0. The molecule has 1 radical (unpaired) electrons. The molecule has 3 nitrogen and oxygen atoms in total. The van der Waals surface area contributed by atoms with Crippen molar-refractivity contribution in [1.82, 2.24) is 0 Å². The average molecular weight is 357 g/mol. The van der Waals surface area contributed by atoms with Crippen LogP contribution in [0.2, 0.25) is 0 Å². The Morgan fingerprint density at radius 2 is 1.81 bits per heavy atom. The minimum absolute atomic E-state index is 0. The first-order valence-corrected chi connectivity index (χ1v) is 6.45. The molecule has 4 heteroatoms. The van der Waals surface area contributed by atoms with Crippen LogP contribution in [-0.4, -0.2) is 11.9 Å². The SMILES string of the molecule is CC.O=C1OC(=O)c2cc[c-]cc21.[C-]1=CC=CCC=C1.[Y]. The molecule has 3 rings (SSSR count). The summed E-state index contributed by atoms with van der Waals surface area (Å²) in [6, 6.07) is 7.22. The third kappa shape index (κ3) is 6.32. The van der Waals surface area contributed by atoms with Crippen LogP contribution in [0.3, 0.4) is 0 Å². The Labute approximate surface area is 150 Å². The van der Waals surface area contributed by atoms with Crippen molar-refractivity contribution >= 4 is 11.9 Å². The first-order chi connectivity index (χ1) is 9.79. The number of hydrogen-bond donors (Lipinski definition) is 0. The van der Waals surface area contributed by atoms with E-state index < -0.39 is 11.9 Å². The Balaban J connectivity index is 0.000000351. The smallest absolute Gasteiger partial charge is 0.321 e. The summed E-state index contributed by atoms with van der Waals surface area (Å²) in [6.45, 7) is 4.00. The van der Waals surface area contributed by atoms with Crippen LogP contribution < -0.4 is 0 Å². The number of esters is 2. The number of ether oxygens (including phenoxy) is 1. The van der Waals surface area contributed by atoms with Gasteiger partial charge in [-0.1, -0.05) is 20.3 Å². The predicted molar refractivity (Wildman–Crippen MR) is 77.1 cm³/mol. The molecule has 0 amide bonds. The quantitative estimate of drug-likeness (QED) is 0.404. The molecule has 1 aliphatic carbocycles. The Kier molecular flexibility index (Phi) is 10.6. The predicted octanol–water partition coefficient (Wildman–Crippen LogP) is 3.68. The first kappa shape index (κ1) is 19.7. The van der Waals surface area contributed by atoms with E-state index in [0.29, 0.717) is 11.1 Å². The van der Waals surface area contributed by atoms with E-state index in [9.17, 15) is 9.59 Å². The molecule has 21 heavy (non-hydrogen) atoms. The van der Waals surface area contributed by atoms with Gasteiger partial charge in [0.1, 0.15) is 0 Å². The van der Waals surface area contributed by atoms with Crippen molar-refractivity contribution in [2.24, 2.45) is 0 Å². The van der Waals surface area contributed by atoms with Gasteiger partial charge in [0, 0.05) is 32.7 Å². The Hall–Kier alpha value is -1.32. The third-order valence-corrected chi connectivity index (χ3v) is 2.30. The summed E-state index contributed by atoms with van der Waals surface area (Å²) in [6.07, 6.45) is 14.0. The minimum Gasteiger partial charge on any atom is -0.397 e. The maximum Gasteiger partial charge on any atom is 0.321 e. The van der Waals surface area contributed by atoms with E-state index in [-0.39, 0.29) is 32.7 Å². The van der Waals surface area contributed by atoms with Gasteiger partial charge in [0.15, 0.2) is 0 Å². The molecule has 2 aliphatic rings. The fourth-order valence-electron chi connectivity index (χ4n) is 1.44. The summed E-state index contributed by atoms with van der Waals surface area (Å²) >= 11 is 0. The molecule has 1 heterocycles. The molecule has 0 fully saturated rings. The van der Waals surface area contributed by atoms with Gasteiger partial charge in [-0.2, -0.15) is 54.6 Å². The first-order valence-electron chi connectivity index (χ1n) is 6.45. The van der Waals surface area contributed by atoms with Crippen molar-refractivity contribution in [2.75, 3.05) is 0 Å². The number of allylic oxidation sites excluding steroid dienone is 6. The number of cyclic esters (lactones) is 2. The topological polar surface area (TPSA) is 43.4 Å².